The summed E-state index contributed by atoms with van der Waals surface area (Å²) >= 11 is 1.74. The number of thiazole rings is 1. The van der Waals surface area contributed by atoms with E-state index < -0.39 is 0 Å². The lowest BCUT2D eigenvalue weighted by molar-refractivity contribution is 0.519. The first-order chi connectivity index (χ1) is 9.69. The summed E-state index contributed by atoms with van der Waals surface area (Å²) in [5.74, 6) is 0. The monoisotopic (exact) mass is 292 g/mol. The third-order valence-corrected chi connectivity index (χ3v) is 4.58. The van der Waals surface area contributed by atoms with Crippen molar-refractivity contribution in [3.05, 3.63) is 33.5 Å². The number of nitrogens with zero attached hydrogens (tertiary/aromatic N) is 3. The van der Waals surface area contributed by atoms with E-state index in [1.807, 2.05) is 5.51 Å². The highest BCUT2D eigenvalue weighted by molar-refractivity contribution is 7.09. The second-order valence-corrected chi connectivity index (χ2v) is 5.80. The molecule has 2 heterocycles. The molecule has 2 aromatic heterocycles. The van der Waals surface area contributed by atoms with Gasteiger partial charge in [-0.15, -0.1) is 11.3 Å². The Hall–Kier alpha value is -1.20. The van der Waals surface area contributed by atoms with Crippen molar-refractivity contribution in [2.24, 2.45) is 0 Å². The zero-order chi connectivity index (χ0) is 14.5. The maximum absolute atomic E-state index is 4.64. The van der Waals surface area contributed by atoms with E-state index >= 15 is 0 Å². The van der Waals surface area contributed by atoms with Crippen LogP contribution in [-0.2, 0) is 19.4 Å². The van der Waals surface area contributed by atoms with Gasteiger partial charge in [0.1, 0.15) is 0 Å². The summed E-state index contributed by atoms with van der Waals surface area (Å²) in [4.78, 5) is 5.72. The van der Waals surface area contributed by atoms with Gasteiger partial charge < -0.3 is 5.32 Å². The highest BCUT2D eigenvalue weighted by atomic mass is 32.1. The van der Waals surface area contributed by atoms with Gasteiger partial charge in [0, 0.05) is 29.6 Å². The molecule has 0 aliphatic heterocycles. The minimum atomic E-state index is 0.333. The number of aromatic nitrogens is 3. The van der Waals surface area contributed by atoms with E-state index in [2.05, 4.69) is 53.8 Å². The summed E-state index contributed by atoms with van der Waals surface area (Å²) < 4.78 is 2.12. The highest BCUT2D eigenvalue weighted by Crippen LogP contribution is 2.25. The summed E-state index contributed by atoms with van der Waals surface area (Å²) in [7, 11) is 0. The molecule has 0 saturated carbocycles. The molecule has 2 aromatic rings. The molecule has 1 N–H and O–H groups in total. The predicted molar refractivity (Wildman–Crippen MR) is 84.3 cm³/mol. The van der Waals surface area contributed by atoms with E-state index in [1.165, 1.54) is 16.3 Å². The van der Waals surface area contributed by atoms with Crippen molar-refractivity contribution >= 4 is 11.3 Å². The molecule has 0 spiro atoms. The first kappa shape index (κ1) is 15.2. The fourth-order valence-electron chi connectivity index (χ4n) is 2.48. The van der Waals surface area contributed by atoms with Crippen molar-refractivity contribution in [3.63, 3.8) is 0 Å². The van der Waals surface area contributed by atoms with E-state index in [9.17, 15) is 0 Å². The van der Waals surface area contributed by atoms with Crippen LogP contribution >= 0.6 is 11.3 Å². The summed E-state index contributed by atoms with van der Waals surface area (Å²) in [6.45, 7) is 10.4. The molecular weight excluding hydrogens is 268 g/mol. The van der Waals surface area contributed by atoms with Crippen LogP contribution in [0.1, 0.15) is 48.8 Å². The number of rotatable bonds is 7. The molecule has 0 radical (unpaired) electrons. The first-order valence-corrected chi connectivity index (χ1v) is 8.26. The van der Waals surface area contributed by atoms with Crippen molar-refractivity contribution < 1.29 is 0 Å². The zero-order valence-corrected chi connectivity index (χ0v) is 13.6. The van der Waals surface area contributed by atoms with Crippen LogP contribution < -0.4 is 5.32 Å². The Bertz CT molecular complexity index is 544. The molecular formula is C15H24N4S. The average molecular weight is 292 g/mol. The maximum Gasteiger partial charge on any atom is 0.0798 e. The van der Waals surface area contributed by atoms with E-state index in [0.717, 1.165) is 31.6 Å². The molecule has 2 rings (SSSR count). The quantitative estimate of drug-likeness (QED) is 0.852. The lowest BCUT2D eigenvalue weighted by atomic mass is 10.1. The van der Waals surface area contributed by atoms with Gasteiger partial charge in [0.25, 0.3) is 0 Å². The second-order valence-electron chi connectivity index (χ2n) is 4.91. The molecule has 1 atom stereocenters. The van der Waals surface area contributed by atoms with E-state index in [-0.39, 0.29) is 0 Å². The number of hydrogen-bond donors (Lipinski definition) is 1. The molecule has 110 valence electrons. The highest BCUT2D eigenvalue weighted by Gasteiger charge is 2.18. The average Bonchev–Trinajstić information content (AvgIpc) is 3.04. The van der Waals surface area contributed by atoms with Crippen molar-refractivity contribution in [3.8, 4) is 0 Å². The van der Waals surface area contributed by atoms with Gasteiger partial charge >= 0.3 is 0 Å². The molecule has 20 heavy (non-hydrogen) atoms. The Morgan fingerprint density at radius 3 is 2.70 bits per heavy atom. The first-order valence-electron chi connectivity index (χ1n) is 7.38. The van der Waals surface area contributed by atoms with E-state index in [0.29, 0.717) is 6.04 Å². The fourth-order valence-corrected chi connectivity index (χ4v) is 3.36. The summed E-state index contributed by atoms with van der Waals surface area (Å²) in [6, 6.07) is 2.57. The SMILES string of the molecule is CCNC(Cc1cc(CC)nn1CC)c1scnc1C. The predicted octanol–water partition coefficient (Wildman–Crippen LogP) is 3.12. The molecule has 1 unspecified atom stereocenters. The van der Waals surface area contributed by atoms with Gasteiger partial charge in [-0.3, -0.25) is 4.68 Å². The van der Waals surface area contributed by atoms with Crippen LogP contribution in [0.5, 0.6) is 0 Å². The van der Waals surface area contributed by atoms with Crippen LogP contribution in [0.2, 0.25) is 0 Å². The van der Waals surface area contributed by atoms with Crippen LogP contribution in [-0.4, -0.2) is 21.3 Å². The van der Waals surface area contributed by atoms with Crippen molar-refractivity contribution in [1.82, 2.24) is 20.1 Å². The van der Waals surface area contributed by atoms with Crippen LogP contribution in [0.15, 0.2) is 11.6 Å². The van der Waals surface area contributed by atoms with Gasteiger partial charge in [-0.05, 0) is 32.9 Å². The Morgan fingerprint density at radius 1 is 1.35 bits per heavy atom. The van der Waals surface area contributed by atoms with Gasteiger partial charge in [0.05, 0.1) is 16.9 Å². The lowest BCUT2D eigenvalue weighted by Gasteiger charge is -2.17. The van der Waals surface area contributed by atoms with Gasteiger partial charge in [-0.2, -0.15) is 5.10 Å². The standard InChI is InChI=1S/C15H24N4S/c1-5-12-8-13(19(7-3)18-12)9-14(16-6-2)15-11(4)17-10-20-15/h8,10,14,16H,5-7,9H2,1-4H3. The maximum atomic E-state index is 4.64. The van der Waals surface area contributed by atoms with Gasteiger partial charge in [-0.1, -0.05) is 13.8 Å². The van der Waals surface area contributed by atoms with Crippen LogP contribution in [0.3, 0.4) is 0 Å². The number of aryl methyl sites for hydroxylation is 3. The number of hydrogen-bond acceptors (Lipinski definition) is 4. The molecule has 0 aliphatic rings. The van der Waals surface area contributed by atoms with Crippen LogP contribution in [0.4, 0.5) is 0 Å². The van der Waals surface area contributed by atoms with Crippen molar-refractivity contribution in [2.75, 3.05) is 6.54 Å². The van der Waals surface area contributed by atoms with Crippen LogP contribution in [0.25, 0.3) is 0 Å². The number of likely N-dealkylation sites (N-methyl/N-ethyl adjacent to an activating group) is 1. The Balaban J connectivity index is 2.24. The molecule has 0 aliphatic carbocycles. The van der Waals surface area contributed by atoms with Gasteiger partial charge in [0.15, 0.2) is 0 Å². The second kappa shape index (κ2) is 6.99. The molecule has 0 fully saturated rings. The Kier molecular flexibility index (Phi) is 5.31. The van der Waals surface area contributed by atoms with E-state index in [4.69, 9.17) is 0 Å². The third kappa shape index (κ3) is 3.27. The normalized spacial score (nSPS) is 12.8. The molecule has 5 heteroatoms. The van der Waals surface area contributed by atoms with E-state index in [1.54, 1.807) is 11.3 Å². The Labute approximate surface area is 125 Å². The van der Waals surface area contributed by atoms with Crippen LogP contribution in [0, 0.1) is 6.92 Å². The topological polar surface area (TPSA) is 42.7 Å². The summed E-state index contributed by atoms with van der Waals surface area (Å²) in [5, 5.41) is 8.22. The molecule has 0 aromatic carbocycles. The van der Waals surface area contributed by atoms with Crippen molar-refractivity contribution in [2.45, 2.75) is 53.1 Å². The molecule has 4 nitrogen and oxygen atoms in total. The summed E-state index contributed by atoms with van der Waals surface area (Å²) in [5.41, 5.74) is 5.56. The van der Waals surface area contributed by atoms with Gasteiger partial charge in [-0.25, -0.2) is 4.98 Å². The largest absolute Gasteiger partial charge is 0.309 e. The number of nitrogens with one attached hydrogen (secondary N) is 1. The van der Waals surface area contributed by atoms with Gasteiger partial charge in [0.2, 0.25) is 0 Å². The van der Waals surface area contributed by atoms with Crippen molar-refractivity contribution in [1.29, 1.82) is 0 Å². The lowest BCUT2D eigenvalue weighted by Crippen LogP contribution is -2.24. The minimum Gasteiger partial charge on any atom is -0.309 e. The Morgan fingerprint density at radius 2 is 2.15 bits per heavy atom. The smallest absolute Gasteiger partial charge is 0.0798 e. The molecule has 0 saturated heterocycles. The summed E-state index contributed by atoms with van der Waals surface area (Å²) in [6.07, 6.45) is 1.96. The molecule has 0 bridgehead atoms. The zero-order valence-electron chi connectivity index (χ0n) is 12.8. The fraction of sp³-hybridized carbons (Fsp3) is 0.600. The molecule has 0 amide bonds. The minimum absolute atomic E-state index is 0.333. The third-order valence-electron chi connectivity index (χ3n) is 3.54.